The van der Waals surface area contributed by atoms with Crippen LogP contribution >= 0.6 is 0 Å². The van der Waals surface area contributed by atoms with Gasteiger partial charge >= 0.3 is 0 Å². The third kappa shape index (κ3) is 2.62. The summed E-state index contributed by atoms with van der Waals surface area (Å²) in [5.74, 6) is -0.251. The summed E-state index contributed by atoms with van der Waals surface area (Å²) in [5.41, 5.74) is 3.54. The van der Waals surface area contributed by atoms with Gasteiger partial charge in [-0.2, -0.15) is 5.10 Å². The molecule has 4 heteroatoms. The molecule has 0 atom stereocenters. The molecule has 0 aliphatic heterocycles. The van der Waals surface area contributed by atoms with Crippen LogP contribution in [0.3, 0.4) is 0 Å². The smallest absolute Gasteiger partial charge is 0.123 e. The summed E-state index contributed by atoms with van der Waals surface area (Å²) in [7, 11) is 0. The van der Waals surface area contributed by atoms with Crippen molar-refractivity contribution in [2.45, 2.75) is 20.8 Å². The van der Waals surface area contributed by atoms with Crippen LogP contribution in [0.25, 0.3) is 16.7 Å². The number of nitrogens with zero attached hydrogens (tertiary/aromatic N) is 3. The first kappa shape index (κ1) is 13.2. The molecule has 0 aliphatic rings. The van der Waals surface area contributed by atoms with Crippen molar-refractivity contribution in [1.82, 2.24) is 14.8 Å². The molecule has 98 valence electrons. The molecule has 1 aromatic carbocycles. The molecule has 0 saturated carbocycles. The number of aromatic nitrogens is 3. The molecule has 2 aromatic heterocycles. The van der Waals surface area contributed by atoms with Crippen molar-refractivity contribution < 1.29 is 4.39 Å². The topological polar surface area (TPSA) is 30.7 Å². The quantitative estimate of drug-likeness (QED) is 0.662. The fourth-order valence-electron chi connectivity index (χ4n) is 1.81. The van der Waals surface area contributed by atoms with Crippen LogP contribution in [0, 0.1) is 12.7 Å². The maximum absolute atomic E-state index is 12.9. The predicted octanol–water partition coefficient (Wildman–Crippen LogP) is 3.89. The molecule has 0 bridgehead atoms. The van der Waals surface area contributed by atoms with Gasteiger partial charge in [0.25, 0.3) is 0 Å². The first-order chi connectivity index (χ1) is 9.24. The Morgan fingerprint density at radius 2 is 1.68 bits per heavy atom. The molecule has 3 rings (SSSR count). The SMILES string of the molecule is CC.Cc1ccc2c(cnn2-c2ccc(F)cc2)n1. The molecule has 3 nitrogen and oxygen atoms in total. The zero-order valence-corrected chi connectivity index (χ0v) is 11.3. The number of halogens is 1. The Kier molecular flexibility index (Phi) is 3.90. The van der Waals surface area contributed by atoms with Gasteiger partial charge in [0.05, 0.1) is 17.4 Å². The Morgan fingerprint density at radius 3 is 2.37 bits per heavy atom. The van der Waals surface area contributed by atoms with Gasteiger partial charge in [0.15, 0.2) is 0 Å². The molecule has 0 amide bonds. The van der Waals surface area contributed by atoms with E-state index < -0.39 is 0 Å². The number of rotatable bonds is 1. The van der Waals surface area contributed by atoms with Gasteiger partial charge in [-0.15, -0.1) is 0 Å². The molecule has 0 aliphatic carbocycles. The molecular formula is C15H16FN3. The van der Waals surface area contributed by atoms with Crippen LogP contribution in [0.2, 0.25) is 0 Å². The monoisotopic (exact) mass is 257 g/mol. The lowest BCUT2D eigenvalue weighted by Gasteiger charge is -2.02. The van der Waals surface area contributed by atoms with Gasteiger partial charge in [0.2, 0.25) is 0 Å². The number of hydrogen-bond acceptors (Lipinski definition) is 2. The summed E-state index contributed by atoms with van der Waals surface area (Å²) < 4.78 is 14.6. The first-order valence-electron chi connectivity index (χ1n) is 6.31. The summed E-state index contributed by atoms with van der Waals surface area (Å²) in [6.45, 7) is 5.94. The van der Waals surface area contributed by atoms with Crippen molar-refractivity contribution in [2.75, 3.05) is 0 Å². The highest BCUT2D eigenvalue weighted by Gasteiger charge is 2.05. The minimum Gasteiger partial charge on any atom is -0.250 e. The maximum atomic E-state index is 12.9. The fourth-order valence-corrected chi connectivity index (χ4v) is 1.81. The van der Waals surface area contributed by atoms with Crippen molar-refractivity contribution in [1.29, 1.82) is 0 Å². The third-order valence-electron chi connectivity index (χ3n) is 2.64. The van der Waals surface area contributed by atoms with Gasteiger partial charge < -0.3 is 0 Å². The molecule has 19 heavy (non-hydrogen) atoms. The Labute approximate surface area is 111 Å². The molecule has 0 N–H and O–H groups in total. The molecule has 0 saturated heterocycles. The summed E-state index contributed by atoms with van der Waals surface area (Å²) >= 11 is 0. The van der Waals surface area contributed by atoms with E-state index in [1.54, 1.807) is 23.0 Å². The Bertz CT molecular complexity index is 671. The first-order valence-corrected chi connectivity index (χ1v) is 6.31. The molecule has 2 heterocycles. The van der Waals surface area contributed by atoms with E-state index in [2.05, 4.69) is 10.1 Å². The van der Waals surface area contributed by atoms with Crippen LogP contribution in [0.5, 0.6) is 0 Å². The standard InChI is InChI=1S/C13H10FN3.C2H6/c1-9-2-7-13-12(16-9)8-15-17(13)11-5-3-10(14)4-6-11;1-2/h2-8H,1H3;1-2H3. The van der Waals surface area contributed by atoms with Gasteiger partial charge in [0.1, 0.15) is 11.3 Å². The minimum atomic E-state index is -0.251. The second kappa shape index (κ2) is 5.61. The summed E-state index contributed by atoms with van der Waals surface area (Å²) in [5, 5.41) is 4.27. The van der Waals surface area contributed by atoms with Gasteiger partial charge in [-0.25, -0.2) is 14.1 Å². The predicted molar refractivity (Wildman–Crippen MR) is 74.9 cm³/mol. The Hall–Kier alpha value is -2.23. The van der Waals surface area contributed by atoms with Gasteiger partial charge in [0, 0.05) is 5.69 Å². The largest absolute Gasteiger partial charge is 0.250 e. The summed E-state index contributed by atoms with van der Waals surface area (Å²) in [6.07, 6.45) is 1.71. The van der Waals surface area contributed by atoms with Crippen molar-refractivity contribution in [3.63, 3.8) is 0 Å². The zero-order chi connectivity index (χ0) is 13.8. The van der Waals surface area contributed by atoms with Gasteiger partial charge in [-0.1, -0.05) is 13.8 Å². The average Bonchev–Trinajstić information content (AvgIpc) is 2.85. The second-order valence-electron chi connectivity index (χ2n) is 3.89. The third-order valence-corrected chi connectivity index (χ3v) is 2.64. The lowest BCUT2D eigenvalue weighted by Crippen LogP contribution is -1.96. The van der Waals surface area contributed by atoms with Crippen molar-refractivity contribution in [2.24, 2.45) is 0 Å². The highest BCUT2D eigenvalue weighted by molar-refractivity contribution is 5.76. The van der Waals surface area contributed by atoms with Crippen LogP contribution in [0.15, 0.2) is 42.6 Å². The zero-order valence-electron chi connectivity index (χ0n) is 11.3. The average molecular weight is 257 g/mol. The van der Waals surface area contributed by atoms with Crippen LogP contribution in [0.1, 0.15) is 19.5 Å². The number of benzene rings is 1. The van der Waals surface area contributed by atoms with Crippen molar-refractivity contribution in [3.8, 4) is 5.69 Å². The van der Waals surface area contributed by atoms with E-state index in [4.69, 9.17) is 0 Å². The van der Waals surface area contributed by atoms with Crippen molar-refractivity contribution in [3.05, 3.63) is 54.1 Å². The van der Waals surface area contributed by atoms with E-state index in [-0.39, 0.29) is 5.82 Å². The lowest BCUT2D eigenvalue weighted by atomic mass is 10.3. The van der Waals surface area contributed by atoms with Crippen molar-refractivity contribution >= 4 is 11.0 Å². The fraction of sp³-hybridized carbons (Fsp3) is 0.200. The Morgan fingerprint density at radius 1 is 1.00 bits per heavy atom. The molecule has 3 aromatic rings. The number of aryl methyl sites for hydroxylation is 1. The van der Waals surface area contributed by atoms with Crippen LogP contribution in [0.4, 0.5) is 4.39 Å². The number of fused-ring (bicyclic) bond motifs is 1. The molecule has 0 fully saturated rings. The van der Waals surface area contributed by atoms with E-state index in [9.17, 15) is 4.39 Å². The summed E-state index contributed by atoms with van der Waals surface area (Å²) in [4.78, 5) is 4.38. The van der Waals surface area contributed by atoms with Gasteiger partial charge in [-0.3, -0.25) is 0 Å². The minimum absolute atomic E-state index is 0.251. The highest BCUT2D eigenvalue weighted by Crippen LogP contribution is 2.17. The molecule has 0 radical (unpaired) electrons. The lowest BCUT2D eigenvalue weighted by molar-refractivity contribution is 0.627. The van der Waals surface area contributed by atoms with E-state index in [0.717, 1.165) is 22.4 Å². The normalized spacial score (nSPS) is 10.1. The van der Waals surface area contributed by atoms with E-state index in [1.807, 2.05) is 32.9 Å². The van der Waals surface area contributed by atoms with E-state index >= 15 is 0 Å². The van der Waals surface area contributed by atoms with E-state index in [1.165, 1.54) is 12.1 Å². The summed E-state index contributed by atoms with van der Waals surface area (Å²) in [6, 6.07) is 10.1. The number of pyridine rings is 1. The molecule has 0 unspecified atom stereocenters. The second-order valence-corrected chi connectivity index (χ2v) is 3.89. The molecular weight excluding hydrogens is 241 g/mol. The van der Waals surface area contributed by atoms with E-state index in [0.29, 0.717) is 0 Å². The van der Waals surface area contributed by atoms with Crippen LogP contribution in [-0.2, 0) is 0 Å². The number of hydrogen-bond donors (Lipinski definition) is 0. The van der Waals surface area contributed by atoms with Gasteiger partial charge in [-0.05, 0) is 43.3 Å². The van der Waals surface area contributed by atoms with Crippen LogP contribution < -0.4 is 0 Å². The van der Waals surface area contributed by atoms with Crippen LogP contribution in [-0.4, -0.2) is 14.8 Å². The highest BCUT2D eigenvalue weighted by atomic mass is 19.1. The maximum Gasteiger partial charge on any atom is 0.123 e. The molecule has 0 spiro atoms. The Balaban J connectivity index is 0.000000637.